The van der Waals surface area contributed by atoms with Gasteiger partial charge in [-0.15, -0.1) is 0 Å². The number of carbonyl (C=O) groups excluding carboxylic acids is 2. The van der Waals surface area contributed by atoms with E-state index in [0.29, 0.717) is 48.7 Å². The molecule has 142 valence electrons. The van der Waals surface area contributed by atoms with Gasteiger partial charge in [-0.3, -0.25) is 14.6 Å². The van der Waals surface area contributed by atoms with Crippen molar-refractivity contribution in [2.75, 3.05) is 27.3 Å². The minimum Gasteiger partial charge on any atom is -0.497 e. The average Bonchev–Trinajstić information content (AvgIpc) is 2.74. The van der Waals surface area contributed by atoms with Crippen LogP contribution in [0.25, 0.3) is 0 Å². The van der Waals surface area contributed by atoms with Gasteiger partial charge in [0.25, 0.3) is 11.8 Å². The fourth-order valence-corrected chi connectivity index (χ4v) is 3.01. The Morgan fingerprint density at radius 2 is 1.74 bits per heavy atom. The van der Waals surface area contributed by atoms with Crippen molar-refractivity contribution < 1.29 is 19.1 Å². The van der Waals surface area contributed by atoms with Crippen LogP contribution in [0.15, 0.2) is 36.8 Å². The minimum atomic E-state index is -0.189. The zero-order chi connectivity index (χ0) is 19.2. The van der Waals surface area contributed by atoms with Crippen LogP contribution in [0, 0.1) is 0 Å². The lowest BCUT2D eigenvalue weighted by Gasteiger charge is -2.32. The third kappa shape index (κ3) is 4.52. The fourth-order valence-electron chi connectivity index (χ4n) is 3.01. The molecule has 3 rings (SSSR count). The quantitative estimate of drug-likeness (QED) is 0.858. The first kappa shape index (κ1) is 18.6. The Morgan fingerprint density at radius 1 is 1.07 bits per heavy atom. The molecule has 0 unspecified atom stereocenters. The SMILES string of the molecule is COc1cc(OC)cc(C(=O)NC2CCN(C(=O)c3cnccn3)CC2)c1. The largest absolute Gasteiger partial charge is 0.497 e. The molecule has 1 aliphatic heterocycles. The van der Waals surface area contributed by atoms with E-state index in [2.05, 4.69) is 15.3 Å². The summed E-state index contributed by atoms with van der Waals surface area (Å²) in [6, 6.07) is 5.06. The summed E-state index contributed by atoms with van der Waals surface area (Å²) >= 11 is 0. The third-order valence-electron chi connectivity index (χ3n) is 4.51. The summed E-state index contributed by atoms with van der Waals surface area (Å²) in [4.78, 5) is 34.7. The number of likely N-dealkylation sites (tertiary alicyclic amines) is 1. The second kappa shape index (κ2) is 8.48. The third-order valence-corrected chi connectivity index (χ3v) is 4.51. The van der Waals surface area contributed by atoms with E-state index < -0.39 is 0 Å². The van der Waals surface area contributed by atoms with E-state index in [4.69, 9.17) is 9.47 Å². The van der Waals surface area contributed by atoms with Gasteiger partial charge in [0.05, 0.1) is 20.4 Å². The highest BCUT2D eigenvalue weighted by Crippen LogP contribution is 2.23. The summed E-state index contributed by atoms with van der Waals surface area (Å²) in [6.07, 6.45) is 5.86. The number of nitrogens with one attached hydrogen (secondary N) is 1. The first-order valence-corrected chi connectivity index (χ1v) is 8.70. The summed E-state index contributed by atoms with van der Waals surface area (Å²) in [5.41, 5.74) is 0.813. The normalized spacial score (nSPS) is 14.5. The van der Waals surface area contributed by atoms with E-state index in [9.17, 15) is 9.59 Å². The molecule has 8 nitrogen and oxygen atoms in total. The maximum atomic E-state index is 12.6. The van der Waals surface area contributed by atoms with Gasteiger partial charge < -0.3 is 19.7 Å². The molecule has 27 heavy (non-hydrogen) atoms. The number of rotatable bonds is 5. The molecule has 2 amide bonds. The highest BCUT2D eigenvalue weighted by atomic mass is 16.5. The van der Waals surface area contributed by atoms with Crippen LogP contribution in [0.3, 0.4) is 0 Å². The Kier molecular flexibility index (Phi) is 5.85. The molecular weight excluding hydrogens is 348 g/mol. The van der Waals surface area contributed by atoms with E-state index >= 15 is 0 Å². The van der Waals surface area contributed by atoms with Crippen molar-refractivity contribution in [3.05, 3.63) is 48.0 Å². The summed E-state index contributed by atoms with van der Waals surface area (Å²) < 4.78 is 10.4. The van der Waals surface area contributed by atoms with Crippen molar-refractivity contribution in [1.82, 2.24) is 20.2 Å². The summed E-state index contributed by atoms with van der Waals surface area (Å²) in [5, 5.41) is 3.02. The Labute approximate surface area is 157 Å². The molecule has 1 fully saturated rings. The van der Waals surface area contributed by atoms with Gasteiger partial charge >= 0.3 is 0 Å². The average molecular weight is 370 g/mol. The molecule has 2 aromatic rings. The second-order valence-electron chi connectivity index (χ2n) is 6.23. The number of nitrogens with zero attached hydrogens (tertiary/aromatic N) is 3. The smallest absolute Gasteiger partial charge is 0.274 e. The Hall–Kier alpha value is -3.16. The maximum Gasteiger partial charge on any atom is 0.274 e. The number of methoxy groups -OCH3 is 2. The van der Waals surface area contributed by atoms with E-state index in [1.807, 2.05) is 0 Å². The zero-order valence-corrected chi connectivity index (χ0v) is 15.3. The molecule has 1 N–H and O–H groups in total. The molecule has 0 spiro atoms. The standard InChI is InChI=1S/C19H22N4O4/c1-26-15-9-13(10-16(11-15)27-2)18(24)22-14-3-7-23(8-4-14)19(25)17-12-20-5-6-21-17/h5-6,9-12,14H,3-4,7-8H2,1-2H3,(H,22,24). The monoisotopic (exact) mass is 370 g/mol. The van der Waals surface area contributed by atoms with Crippen LogP contribution < -0.4 is 14.8 Å². The fraction of sp³-hybridized carbons (Fsp3) is 0.368. The number of hydrogen-bond acceptors (Lipinski definition) is 6. The number of hydrogen-bond donors (Lipinski definition) is 1. The van der Waals surface area contributed by atoms with E-state index in [1.54, 1.807) is 37.3 Å². The lowest BCUT2D eigenvalue weighted by Crippen LogP contribution is -2.46. The van der Waals surface area contributed by atoms with Crippen LogP contribution in [-0.2, 0) is 0 Å². The van der Waals surface area contributed by atoms with Gasteiger partial charge in [0.15, 0.2) is 0 Å². The number of piperidine rings is 1. The number of benzene rings is 1. The molecule has 1 aliphatic rings. The molecule has 0 aliphatic carbocycles. The highest BCUT2D eigenvalue weighted by molar-refractivity contribution is 5.95. The highest BCUT2D eigenvalue weighted by Gasteiger charge is 2.25. The Balaban J connectivity index is 1.57. The van der Waals surface area contributed by atoms with Gasteiger partial charge in [0, 0.05) is 43.2 Å². The molecule has 1 aromatic heterocycles. The zero-order valence-electron chi connectivity index (χ0n) is 15.3. The predicted octanol–water partition coefficient (Wildman–Crippen LogP) is 1.53. The number of amides is 2. The van der Waals surface area contributed by atoms with Crippen molar-refractivity contribution in [1.29, 1.82) is 0 Å². The van der Waals surface area contributed by atoms with Crippen molar-refractivity contribution in [2.24, 2.45) is 0 Å². The molecular formula is C19H22N4O4. The predicted molar refractivity (Wildman–Crippen MR) is 98.0 cm³/mol. The van der Waals surface area contributed by atoms with Crippen LogP contribution in [-0.4, -0.2) is 60.0 Å². The van der Waals surface area contributed by atoms with Crippen LogP contribution in [0.1, 0.15) is 33.7 Å². The molecule has 1 aromatic carbocycles. The number of ether oxygens (including phenoxy) is 2. The minimum absolute atomic E-state index is 0.000559. The number of carbonyl (C=O) groups is 2. The van der Waals surface area contributed by atoms with Gasteiger partial charge in [-0.1, -0.05) is 0 Å². The van der Waals surface area contributed by atoms with E-state index in [1.165, 1.54) is 18.6 Å². The van der Waals surface area contributed by atoms with Crippen LogP contribution in [0.5, 0.6) is 11.5 Å². The van der Waals surface area contributed by atoms with Crippen molar-refractivity contribution in [3.8, 4) is 11.5 Å². The first-order chi connectivity index (χ1) is 13.1. The Morgan fingerprint density at radius 3 is 2.30 bits per heavy atom. The topological polar surface area (TPSA) is 93.7 Å². The van der Waals surface area contributed by atoms with Gasteiger partial charge in [0.2, 0.25) is 0 Å². The summed E-state index contributed by atoms with van der Waals surface area (Å²) in [5.74, 6) is 0.795. The summed E-state index contributed by atoms with van der Waals surface area (Å²) in [7, 11) is 3.08. The molecule has 0 bridgehead atoms. The first-order valence-electron chi connectivity index (χ1n) is 8.70. The van der Waals surface area contributed by atoms with Crippen LogP contribution >= 0.6 is 0 Å². The van der Waals surface area contributed by atoms with Crippen LogP contribution in [0.4, 0.5) is 0 Å². The Bertz CT molecular complexity index is 782. The van der Waals surface area contributed by atoms with Gasteiger partial charge in [0.1, 0.15) is 17.2 Å². The van der Waals surface area contributed by atoms with E-state index in [0.717, 1.165) is 0 Å². The van der Waals surface area contributed by atoms with E-state index in [-0.39, 0.29) is 17.9 Å². The molecule has 1 saturated heterocycles. The van der Waals surface area contributed by atoms with Crippen molar-refractivity contribution in [2.45, 2.75) is 18.9 Å². The van der Waals surface area contributed by atoms with Gasteiger partial charge in [-0.05, 0) is 25.0 Å². The van der Waals surface area contributed by atoms with Crippen molar-refractivity contribution >= 4 is 11.8 Å². The van der Waals surface area contributed by atoms with Gasteiger partial charge in [-0.25, -0.2) is 4.98 Å². The van der Waals surface area contributed by atoms with Gasteiger partial charge in [-0.2, -0.15) is 0 Å². The molecule has 0 atom stereocenters. The van der Waals surface area contributed by atoms with Crippen molar-refractivity contribution in [3.63, 3.8) is 0 Å². The molecule has 0 saturated carbocycles. The van der Waals surface area contributed by atoms with Crippen LogP contribution in [0.2, 0.25) is 0 Å². The lowest BCUT2D eigenvalue weighted by atomic mass is 10.0. The second-order valence-corrected chi connectivity index (χ2v) is 6.23. The number of aromatic nitrogens is 2. The molecule has 8 heteroatoms. The molecule has 0 radical (unpaired) electrons. The summed E-state index contributed by atoms with van der Waals surface area (Å²) in [6.45, 7) is 1.11. The molecule has 2 heterocycles. The maximum absolute atomic E-state index is 12.6. The lowest BCUT2D eigenvalue weighted by molar-refractivity contribution is 0.0692.